The molecule has 1 fully saturated rings. The van der Waals surface area contributed by atoms with Gasteiger partial charge < -0.3 is 5.73 Å². The Labute approximate surface area is 170 Å². The molecule has 1 amide bonds. The first-order valence-electron chi connectivity index (χ1n) is 9.93. The maximum absolute atomic E-state index is 11.0. The normalized spacial score (nSPS) is 18.4. The molecular formula is C23H23N5O. The van der Waals surface area contributed by atoms with Crippen molar-refractivity contribution in [2.45, 2.75) is 38.1 Å². The number of hydrogen-bond acceptors (Lipinski definition) is 4. The lowest BCUT2D eigenvalue weighted by Gasteiger charge is -2.14. The zero-order valence-corrected chi connectivity index (χ0v) is 16.2. The van der Waals surface area contributed by atoms with E-state index in [-0.39, 0.29) is 5.91 Å². The van der Waals surface area contributed by atoms with Crippen LogP contribution in [0.5, 0.6) is 0 Å². The monoisotopic (exact) mass is 385 g/mol. The summed E-state index contributed by atoms with van der Waals surface area (Å²) in [5.74, 6) is 0.292. The molecule has 2 N–H and O–H groups in total. The Bertz CT molecular complexity index is 1030. The van der Waals surface area contributed by atoms with Gasteiger partial charge in [0, 0.05) is 12.0 Å². The molecule has 0 unspecified atom stereocenters. The highest BCUT2D eigenvalue weighted by atomic mass is 16.1. The highest BCUT2D eigenvalue weighted by Crippen LogP contribution is 2.38. The number of rotatable bonds is 6. The lowest BCUT2D eigenvalue weighted by molar-refractivity contribution is -0.118. The summed E-state index contributed by atoms with van der Waals surface area (Å²) >= 11 is 0. The molecule has 1 aliphatic carbocycles. The molecule has 0 radical (unpaired) electrons. The van der Waals surface area contributed by atoms with E-state index in [9.17, 15) is 4.79 Å². The van der Waals surface area contributed by atoms with Crippen molar-refractivity contribution in [1.82, 2.24) is 15.0 Å². The van der Waals surface area contributed by atoms with Crippen molar-refractivity contribution in [2.75, 3.05) is 0 Å². The minimum atomic E-state index is -0.225. The number of nitrogens with zero attached hydrogens (tertiary/aromatic N) is 4. The van der Waals surface area contributed by atoms with Crippen molar-refractivity contribution >= 4 is 5.91 Å². The van der Waals surface area contributed by atoms with E-state index >= 15 is 0 Å². The number of benzene rings is 2. The number of hydrogen-bond donors (Lipinski definition) is 1. The number of carbonyl (C=O) groups excluding carboxylic acids is 1. The SMILES string of the molecule is N#Cc1ccc(-c2ccc(-c3cnnn3[C@@H]3CC[C@@H](CCC(N)=O)C3)cc2)cc1. The molecule has 6 nitrogen and oxygen atoms in total. The number of carbonyl (C=O) groups is 1. The van der Waals surface area contributed by atoms with Crippen LogP contribution in [0.25, 0.3) is 22.4 Å². The number of primary amides is 1. The molecule has 146 valence electrons. The van der Waals surface area contributed by atoms with Gasteiger partial charge in [-0.05, 0) is 54.9 Å². The van der Waals surface area contributed by atoms with E-state index in [0.29, 0.717) is 23.9 Å². The van der Waals surface area contributed by atoms with Gasteiger partial charge in [-0.25, -0.2) is 4.68 Å². The third-order valence-electron chi connectivity index (χ3n) is 5.76. The molecule has 6 heteroatoms. The fourth-order valence-electron chi connectivity index (χ4n) is 4.17. The van der Waals surface area contributed by atoms with Gasteiger partial charge in [0.1, 0.15) is 0 Å². The number of amides is 1. The van der Waals surface area contributed by atoms with Crippen molar-refractivity contribution in [1.29, 1.82) is 5.26 Å². The molecule has 0 bridgehead atoms. The molecule has 1 aliphatic rings. The minimum Gasteiger partial charge on any atom is -0.370 e. The zero-order chi connectivity index (χ0) is 20.2. The molecular weight excluding hydrogens is 362 g/mol. The van der Waals surface area contributed by atoms with Crippen molar-refractivity contribution in [2.24, 2.45) is 11.7 Å². The summed E-state index contributed by atoms with van der Waals surface area (Å²) < 4.78 is 2.03. The standard InChI is InChI=1S/C23H23N5O/c24-14-17-1-5-18(6-2-17)19-7-9-20(10-8-19)22-15-26-27-28(22)21-11-3-16(13-21)4-12-23(25)29/h1-2,5-10,15-16,21H,3-4,11-13H2,(H2,25,29)/t16-,21+/m0/s1. The Kier molecular flexibility index (Phi) is 5.39. The van der Waals surface area contributed by atoms with E-state index in [4.69, 9.17) is 11.0 Å². The number of nitrogens with two attached hydrogens (primary N) is 1. The van der Waals surface area contributed by atoms with Crippen LogP contribution in [-0.2, 0) is 4.79 Å². The van der Waals surface area contributed by atoms with Crippen molar-refractivity contribution in [3.05, 3.63) is 60.3 Å². The second-order valence-electron chi connectivity index (χ2n) is 7.67. The number of aromatic nitrogens is 3. The smallest absolute Gasteiger partial charge is 0.217 e. The summed E-state index contributed by atoms with van der Waals surface area (Å²) in [5.41, 5.74) is 10.2. The predicted octanol–water partition coefficient (Wildman–Crippen LogP) is 4.09. The quantitative estimate of drug-likeness (QED) is 0.691. The molecule has 29 heavy (non-hydrogen) atoms. The van der Waals surface area contributed by atoms with Gasteiger partial charge in [-0.2, -0.15) is 5.26 Å². The molecule has 0 saturated heterocycles. The van der Waals surface area contributed by atoms with Crippen LogP contribution in [0.4, 0.5) is 0 Å². The van der Waals surface area contributed by atoms with E-state index in [1.807, 2.05) is 35.1 Å². The second-order valence-corrected chi connectivity index (χ2v) is 7.67. The van der Waals surface area contributed by atoms with E-state index in [1.165, 1.54) is 0 Å². The molecule has 2 atom stereocenters. The second kappa shape index (κ2) is 8.27. The largest absolute Gasteiger partial charge is 0.370 e. The van der Waals surface area contributed by atoms with Gasteiger partial charge in [0.15, 0.2) is 0 Å². The molecule has 3 aromatic rings. The van der Waals surface area contributed by atoms with Gasteiger partial charge in [-0.1, -0.05) is 41.6 Å². The molecule has 1 heterocycles. The first kappa shape index (κ1) is 18.9. The third-order valence-corrected chi connectivity index (χ3v) is 5.76. The summed E-state index contributed by atoms with van der Waals surface area (Å²) in [6.45, 7) is 0. The van der Waals surface area contributed by atoms with Gasteiger partial charge in [0.2, 0.25) is 5.91 Å². The zero-order valence-electron chi connectivity index (χ0n) is 16.2. The Morgan fingerprint density at radius 2 is 1.72 bits per heavy atom. The van der Waals surface area contributed by atoms with Crippen LogP contribution in [0.15, 0.2) is 54.7 Å². The van der Waals surface area contributed by atoms with Gasteiger partial charge in [-0.3, -0.25) is 4.79 Å². The maximum atomic E-state index is 11.0. The fraction of sp³-hybridized carbons (Fsp3) is 0.304. The topological polar surface area (TPSA) is 97.6 Å². The molecule has 4 rings (SSSR count). The fourth-order valence-corrected chi connectivity index (χ4v) is 4.17. The Morgan fingerprint density at radius 3 is 2.38 bits per heavy atom. The van der Waals surface area contributed by atoms with Crippen LogP contribution >= 0.6 is 0 Å². The molecule has 1 aromatic heterocycles. The van der Waals surface area contributed by atoms with Gasteiger partial charge in [0.05, 0.1) is 29.6 Å². The Hall–Kier alpha value is -3.46. The summed E-state index contributed by atoms with van der Waals surface area (Å²) in [6, 6.07) is 18.4. The van der Waals surface area contributed by atoms with E-state index in [0.717, 1.165) is 48.1 Å². The van der Waals surface area contributed by atoms with Crippen LogP contribution in [0, 0.1) is 17.2 Å². The van der Waals surface area contributed by atoms with Gasteiger partial charge in [-0.15, -0.1) is 5.10 Å². The van der Waals surface area contributed by atoms with E-state index in [2.05, 4.69) is 40.6 Å². The molecule has 1 saturated carbocycles. The Morgan fingerprint density at radius 1 is 1.07 bits per heavy atom. The first-order chi connectivity index (χ1) is 14.1. The lowest BCUT2D eigenvalue weighted by Crippen LogP contribution is -2.13. The summed E-state index contributed by atoms with van der Waals surface area (Å²) in [6.07, 6.45) is 6.27. The van der Waals surface area contributed by atoms with E-state index in [1.54, 1.807) is 0 Å². The Balaban J connectivity index is 1.49. The van der Waals surface area contributed by atoms with Crippen LogP contribution < -0.4 is 5.73 Å². The highest BCUT2D eigenvalue weighted by Gasteiger charge is 2.28. The van der Waals surface area contributed by atoms with Crippen LogP contribution in [0.2, 0.25) is 0 Å². The first-order valence-corrected chi connectivity index (χ1v) is 9.93. The third kappa shape index (κ3) is 4.19. The van der Waals surface area contributed by atoms with Gasteiger partial charge in [0.25, 0.3) is 0 Å². The molecule has 0 aliphatic heterocycles. The highest BCUT2D eigenvalue weighted by molar-refractivity contribution is 5.73. The van der Waals surface area contributed by atoms with Crippen LogP contribution in [0.3, 0.4) is 0 Å². The average molecular weight is 385 g/mol. The minimum absolute atomic E-state index is 0.225. The lowest BCUT2D eigenvalue weighted by atomic mass is 10.0. The number of nitriles is 1. The van der Waals surface area contributed by atoms with E-state index < -0.39 is 0 Å². The van der Waals surface area contributed by atoms with Crippen molar-refractivity contribution in [3.8, 4) is 28.5 Å². The van der Waals surface area contributed by atoms with Gasteiger partial charge >= 0.3 is 0 Å². The summed E-state index contributed by atoms with van der Waals surface area (Å²) in [7, 11) is 0. The summed E-state index contributed by atoms with van der Waals surface area (Å²) in [4.78, 5) is 11.0. The summed E-state index contributed by atoms with van der Waals surface area (Å²) in [5, 5.41) is 17.4. The van der Waals surface area contributed by atoms with Crippen LogP contribution in [-0.4, -0.2) is 20.9 Å². The van der Waals surface area contributed by atoms with Crippen molar-refractivity contribution < 1.29 is 4.79 Å². The maximum Gasteiger partial charge on any atom is 0.217 e. The van der Waals surface area contributed by atoms with Crippen molar-refractivity contribution in [3.63, 3.8) is 0 Å². The predicted molar refractivity (Wildman–Crippen MR) is 110 cm³/mol. The molecule has 2 aromatic carbocycles. The molecule has 0 spiro atoms. The average Bonchev–Trinajstić information content (AvgIpc) is 3.42. The van der Waals surface area contributed by atoms with Crippen LogP contribution in [0.1, 0.15) is 43.7 Å².